The number of rotatable bonds is 6. The summed E-state index contributed by atoms with van der Waals surface area (Å²) < 4.78 is 22.8. The first-order valence-electron chi connectivity index (χ1n) is 4.88. The topological polar surface area (TPSA) is 119 Å². The molecule has 0 atom stereocenters. The lowest BCUT2D eigenvalue weighted by molar-refractivity contribution is -0.121. The third kappa shape index (κ3) is 5.31. The minimum absolute atomic E-state index is 0.118. The fourth-order valence-corrected chi connectivity index (χ4v) is 1.49. The number of amides is 1. The number of anilines is 1. The van der Waals surface area contributed by atoms with Gasteiger partial charge in [-0.1, -0.05) is 0 Å². The molecule has 8 nitrogen and oxygen atoms in total. The Morgan fingerprint density at radius 3 is 2.88 bits per heavy atom. The fourth-order valence-electron chi connectivity index (χ4n) is 1.11. The van der Waals surface area contributed by atoms with Crippen molar-refractivity contribution in [2.24, 2.45) is 5.14 Å². The van der Waals surface area contributed by atoms with Crippen molar-refractivity contribution in [3.63, 3.8) is 0 Å². The maximum atomic E-state index is 11.0. The summed E-state index contributed by atoms with van der Waals surface area (Å²) in [5, 5.41) is 14.1. The molecule has 0 fully saturated rings. The van der Waals surface area contributed by atoms with E-state index in [0.717, 1.165) is 0 Å². The molecule has 0 unspecified atom stereocenters. The van der Waals surface area contributed by atoms with Gasteiger partial charge in [0.05, 0.1) is 17.6 Å². The van der Waals surface area contributed by atoms with E-state index in [1.165, 1.54) is 17.9 Å². The number of carbonyl (C=O) groups is 1. The quantitative estimate of drug-likeness (QED) is 0.565. The zero-order chi connectivity index (χ0) is 12.9. The van der Waals surface area contributed by atoms with Crippen molar-refractivity contribution in [1.29, 1.82) is 0 Å². The highest BCUT2D eigenvalue weighted by atomic mass is 32.2. The molecule has 1 aromatic heterocycles. The molecule has 17 heavy (non-hydrogen) atoms. The van der Waals surface area contributed by atoms with Crippen molar-refractivity contribution in [2.75, 3.05) is 24.7 Å². The summed E-state index contributed by atoms with van der Waals surface area (Å²) in [7, 11) is -1.93. The molecule has 96 valence electrons. The number of aromatic nitrogens is 2. The van der Waals surface area contributed by atoms with E-state index in [9.17, 15) is 13.2 Å². The molecule has 0 aliphatic carbocycles. The van der Waals surface area contributed by atoms with Crippen LogP contribution < -0.4 is 15.8 Å². The number of primary sulfonamides is 1. The maximum Gasteiger partial charge on any atom is 0.241 e. The monoisotopic (exact) mass is 261 g/mol. The smallest absolute Gasteiger partial charge is 0.241 e. The van der Waals surface area contributed by atoms with Crippen molar-refractivity contribution in [3.05, 3.63) is 12.4 Å². The van der Waals surface area contributed by atoms with E-state index in [-0.39, 0.29) is 24.7 Å². The van der Waals surface area contributed by atoms with Crippen LogP contribution >= 0.6 is 0 Å². The second-order valence-corrected chi connectivity index (χ2v) is 5.13. The molecule has 0 saturated heterocycles. The number of nitrogens with zero attached hydrogens (tertiary/aromatic N) is 2. The van der Waals surface area contributed by atoms with Crippen LogP contribution in [0.5, 0.6) is 0 Å². The minimum atomic E-state index is -3.46. The summed E-state index contributed by atoms with van der Waals surface area (Å²) in [5.41, 5.74) is 0.637. The van der Waals surface area contributed by atoms with E-state index in [1.807, 2.05) is 0 Å². The van der Waals surface area contributed by atoms with Gasteiger partial charge >= 0.3 is 0 Å². The Kier molecular flexibility index (Phi) is 4.46. The van der Waals surface area contributed by atoms with Gasteiger partial charge in [-0.05, 0) is 0 Å². The van der Waals surface area contributed by atoms with Crippen LogP contribution in [-0.4, -0.2) is 43.5 Å². The molecule has 1 heterocycles. The molecule has 0 saturated carbocycles. The Bertz CT molecular complexity index is 481. The SMILES string of the molecule is CNC(=O)Cn1cc(NCCS(N)(=O)=O)cn1. The summed E-state index contributed by atoms with van der Waals surface area (Å²) >= 11 is 0. The first-order chi connectivity index (χ1) is 7.90. The van der Waals surface area contributed by atoms with Gasteiger partial charge in [-0.15, -0.1) is 0 Å². The minimum Gasteiger partial charge on any atom is -0.381 e. The lowest BCUT2D eigenvalue weighted by Crippen LogP contribution is -2.23. The largest absolute Gasteiger partial charge is 0.381 e. The Balaban J connectivity index is 2.43. The van der Waals surface area contributed by atoms with Crippen LogP contribution in [0.25, 0.3) is 0 Å². The van der Waals surface area contributed by atoms with Gasteiger partial charge in [0.2, 0.25) is 15.9 Å². The third-order valence-electron chi connectivity index (χ3n) is 1.93. The van der Waals surface area contributed by atoms with Gasteiger partial charge in [0.1, 0.15) is 6.54 Å². The molecule has 1 aromatic rings. The Morgan fingerprint density at radius 2 is 2.29 bits per heavy atom. The van der Waals surface area contributed by atoms with Crippen molar-refractivity contribution in [3.8, 4) is 0 Å². The normalized spacial score (nSPS) is 11.2. The number of nitrogens with two attached hydrogens (primary N) is 1. The van der Waals surface area contributed by atoms with E-state index < -0.39 is 10.0 Å². The van der Waals surface area contributed by atoms with Crippen LogP contribution in [0.15, 0.2) is 12.4 Å². The fraction of sp³-hybridized carbons (Fsp3) is 0.500. The molecule has 9 heteroatoms. The number of sulfonamides is 1. The van der Waals surface area contributed by atoms with Gasteiger partial charge in [-0.25, -0.2) is 13.6 Å². The predicted octanol–water partition coefficient (Wildman–Crippen LogP) is -1.67. The molecular weight excluding hydrogens is 246 g/mol. The van der Waals surface area contributed by atoms with Gasteiger partial charge in [-0.3, -0.25) is 9.48 Å². The zero-order valence-corrected chi connectivity index (χ0v) is 10.2. The van der Waals surface area contributed by atoms with E-state index in [4.69, 9.17) is 5.14 Å². The second kappa shape index (κ2) is 5.64. The molecule has 0 bridgehead atoms. The van der Waals surface area contributed by atoms with Gasteiger partial charge < -0.3 is 10.6 Å². The zero-order valence-electron chi connectivity index (χ0n) is 9.38. The summed E-state index contributed by atoms with van der Waals surface area (Å²) in [5.74, 6) is -0.322. The van der Waals surface area contributed by atoms with Crippen LogP contribution in [0.3, 0.4) is 0 Å². The van der Waals surface area contributed by atoms with Gasteiger partial charge in [0, 0.05) is 19.8 Å². The van der Waals surface area contributed by atoms with Gasteiger partial charge in [0.25, 0.3) is 0 Å². The average molecular weight is 261 g/mol. The average Bonchev–Trinajstić information content (AvgIpc) is 2.63. The highest BCUT2D eigenvalue weighted by Gasteiger charge is 2.04. The van der Waals surface area contributed by atoms with E-state index >= 15 is 0 Å². The highest BCUT2D eigenvalue weighted by Crippen LogP contribution is 2.03. The lowest BCUT2D eigenvalue weighted by atomic mass is 10.5. The highest BCUT2D eigenvalue weighted by molar-refractivity contribution is 7.89. The van der Waals surface area contributed by atoms with Crippen molar-refractivity contribution < 1.29 is 13.2 Å². The molecule has 1 rings (SSSR count). The number of hydrogen-bond donors (Lipinski definition) is 3. The Labute approximate surface area is 99.2 Å². The number of carbonyl (C=O) groups excluding carboxylic acids is 1. The van der Waals surface area contributed by atoms with Crippen molar-refractivity contribution in [2.45, 2.75) is 6.54 Å². The van der Waals surface area contributed by atoms with Crippen LogP contribution in [0.1, 0.15) is 0 Å². The van der Waals surface area contributed by atoms with Crippen LogP contribution in [-0.2, 0) is 21.4 Å². The Hall–Kier alpha value is -1.61. The summed E-state index contributed by atoms with van der Waals surface area (Å²) in [4.78, 5) is 11.0. The first kappa shape index (κ1) is 13.5. The molecule has 0 radical (unpaired) electrons. The molecule has 0 spiro atoms. The molecular formula is C8H15N5O3S. The predicted molar refractivity (Wildman–Crippen MR) is 62.8 cm³/mol. The molecule has 1 amide bonds. The number of hydrogen-bond acceptors (Lipinski definition) is 5. The third-order valence-corrected chi connectivity index (χ3v) is 2.71. The summed E-state index contributed by atoms with van der Waals surface area (Å²) in [6, 6.07) is 0. The summed E-state index contributed by atoms with van der Waals surface area (Å²) in [6.45, 7) is 0.317. The second-order valence-electron chi connectivity index (χ2n) is 3.39. The van der Waals surface area contributed by atoms with E-state index in [0.29, 0.717) is 5.69 Å². The molecule has 4 N–H and O–H groups in total. The molecule has 0 aliphatic heterocycles. The Morgan fingerprint density at radius 1 is 1.59 bits per heavy atom. The van der Waals surface area contributed by atoms with Crippen LogP contribution in [0.2, 0.25) is 0 Å². The molecule has 0 aliphatic rings. The van der Waals surface area contributed by atoms with Gasteiger partial charge in [0.15, 0.2) is 0 Å². The lowest BCUT2D eigenvalue weighted by Gasteiger charge is -2.01. The van der Waals surface area contributed by atoms with E-state index in [1.54, 1.807) is 6.20 Å². The number of likely N-dealkylation sites (N-methyl/N-ethyl adjacent to an activating group) is 1. The molecule has 0 aromatic carbocycles. The van der Waals surface area contributed by atoms with Crippen molar-refractivity contribution >= 4 is 21.6 Å². The standard InChI is InChI=1S/C8H15N5O3S/c1-10-8(14)6-13-5-7(4-12-13)11-2-3-17(9,15)16/h4-5,11H,2-3,6H2,1H3,(H,10,14)(H2,9,15,16). The van der Waals surface area contributed by atoms with Crippen LogP contribution in [0, 0.1) is 0 Å². The van der Waals surface area contributed by atoms with Gasteiger partial charge in [-0.2, -0.15) is 5.10 Å². The maximum absolute atomic E-state index is 11.0. The number of nitrogens with one attached hydrogen (secondary N) is 2. The first-order valence-corrected chi connectivity index (χ1v) is 6.59. The van der Waals surface area contributed by atoms with E-state index in [2.05, 4.69) is 15.7 Å². The van der Waals surface area contributed by atoms with Crippen molar-refractivity contribution in [1.82, 2.24) is 15.1 Å². The summed E-state index contributed by atoms with van der Waals surface area (Å²) in [6.07, 6.45) is 3.12. The van der Waals surface area contributed by atoms with Crippen LogP contribution in [0.4, 0.5) is 5.69 Å².